The van der Waals surface area contributed by atoms with Gasteiger partial charge in [0.1, 0.15) is 0 Å². The Bertz CT molecular complexity index is 747. The van der Waals surface area contributed by atoms with Crippen molar-refractivity contribution in [2.75, 3.05) is 0 Å². The second-order valence-electron chi connectivity index (χ2n) is 11.1. The van der Waals surface area contributed by atoms with Gasteiger partial charge in [-0.15, -0.1) is 0 Å². The molecular formula is C27H44F4O. The summed E-state index contributed by atoms with van der Waals surface area (Å²) in [5, 5.41) is 0. The van der Waals surface area contributed by atoms with Gasteiger partial charge in [-0.25, -0.2) is 8.78 Å². The zero-order valence-electron chi connectivity index (χ0n) is 19.5. The molecule has 0 saturated heterocycles. The van der Waals surface area contributed by atoms with Gasteiger partial charge in [-0.3, -0.25) is 0 Å². The maximum Gasteiger partial charge on any atom is 0.400 e. The average Bonchev–Trinajstić information content (AvgIpc) is 2.77. The van der Waals surface area contributed by atoms with Crippen LogP contribution in [0.3, 0.4) is 0 Å². The molecule has 1 aromatic carbocycles. The highest BCUT2D eigenvalue weighted by Crippen LogP contribution is 2.46. The lowest BCUT2D eigenvalue weighted by molar-refractivity contribution is -0.226. The number of ether oxygens (including phenoxy) is 1. The highest BCUT2D eigenvalue weighted by molar-refractivity contribution is 5.33. The molecule has 0 aliphatic heterocycles. The number of alkyl halides is 2. The number of benzene rings is 1. The highest BCUT2D eigenvalue weighted by atomic mass is 19.3. The van der Waals surface area contributed by atoms with Crippen LogP contribution in [0.2, 0.25) is 0 Å². The maximum absolute atomic E-state index is 14.9. The van der Waals surface area contributed by atoms with Gasteiger partial charge in [0.15, 0.2) is 17.4 Å². The van der Waals surface area contributed by atoms with Gasteiger partial charge >= 0.3 is 6.11 Å². The van der Waals surface area contributed by atoms with Crippen molar-refractivity contribution >= 4 is 0 Å². The first-order valence-corrected chi connectivity index (χ1v) is 12.8. The second kappa shape index (κ2) is 9.93. The Morgan fingerprint density at radius 1 is 0.719 bits per heavy atom. The van der Waals surface area contributed by atoms with Crippen LogP contribution in [0.1, 0.15) is 107 Å². The van der Waals surface area contributed by atoms with E-state index in [0.717, 1.165) is 44.4 Å². The zero-order chi connectivity index (χ0) is 22.9. The molecule has 0 unspecified atom stereocenters. The number of hydrogen-bond donors (Lipinski definition) is 0. The van der Waals surface area contributed by atoms with Crippen molar-refractivity contribution in [1.82, 2.24) is 0 Å². The molecule has 4 rings (SSSR count). The molecule has 32 heavy (non-hydrogen) atoms. The van der Waals surface area contributed by atoms with E-state index in [1.165, 1.54) is 37.8 Å². The Morgan fingerprint density at radius 2 is 1.16 bits per heavy atom. The van der Waals surface area contributed by atoms with E-state index in [-0.39, 0.29) is 10.2 Å². The summed E-state index contributed by atoms with van der Waals surface area (Å²) in [5.74, 6) is -1.30. The minimum Gasteiger partial charge on any atom is -0.426 e. The summed E-state index contributed by atoms with van der Waals surface area (Å²) in [7, 11) is 0. The first kappa shape index (κ1) is 23.9. The van der Waals surface area contributed by atoms with Gasteiger partial charge in [0.2, 0.25) is 0 Å². The lowest BCUT2D eigenvalue weighted by Crippen LogP contribution is -2.38. The van der Waals surface area contributed by atoms with Crippen LogP contribution in [-0.4, -0.2) is 6.11 Å². The second-order valence-corrected chi connectivity index (χ2v) is 11.1. The van der Waals surface area contributed by atoms with Gasteiger partial charge in [0.25, 0.3) is 0 Å². The SMILES string of the molecule is CC1CCC(c2cc(F)c(OC(F)(F)C3CCC(C4CCC(C)CC4)CC3)c(F)c2)CC1.[HH].[HH].[HH]. The smallest absolute Gasteiger partial charge is 0.400 e. The van der Waals surface area contributed by atoms with Crippen molar-refractivity contribution in [3.63, 3.8) is 0 Å². The summed E-state index contributed by atoms with van der Waals surface area (Å²) < 4.78 is 64.0. The van der Waals surface area contributed by atoms with Crippen LogP contribution in [0.25, 0.3) is 0 Å². The van der Waals surface area contributed by atoms with E-state index in [9.17, 15) is 17.6 Å². The van der Waals surface area contributed by atoms with Crippen LogP contribution >= 0.6 is 0 Å². The molecule has 0 spiro atoms. The van der Waals surface area contributed by atoms with Crippen LogP contribution < -0.4 is 4.74 Å². The molecule has 3 aliphatic carbocycles. The van der Waals surface area contributed by atoms with Crippen LogP contribution in [0.4, 0.5) is 17.6 Å². The molecule has 0 aromatic heterocycles. The fraction of sp³-hybridized carbons (Fsp3) is 0.778. The quantitative estimate of drug-likeness (QED) is 0.397. The molecule has 3 saturated carbocycles. The number of rotatable bonds is 5. The highest BCUT2D eigenvalue weighted by Gasteiger charge is 2.46. The molecule has 0 N–H and O–H groups in total. The molecule has 1 nitrogen and oxygen atoms in total. The normalized spacial score (nSPS) is 34.3. The third-order valence-electron chi connectivity index (χ3n) is 8.72. The van der Waals surface area contributed by atoms with E-state index < -0.39 is 29.4 Å². The van der Waals surface area contributed by atoms with E-state index in [1.54, 1.807) is 0 Å². The maximum atomic E-state index is 14.9. The zero-order valence-corrected chi connectivity index (χ0v) is 19.5. The van der Waals surface area contributed by atoms with Gasteiger partial charge in [-0.1, -0.05) is 39.5 Å². The lowest BCUT2D eigenvalue weighted by Gasteiger charge is -2.38. The molecule has 3 fully saturated rings. The Morgan fingerprint density at radius 3 is 1.66 bits per heavy atom. The van der Waals surface area contributed by atoms with Crippen molar-refractivity contribution in [2.45, 2.75) is 103 Å². The predicted molar refractivity (Wildman–Crippen MR) is 125 cm³/mol. The molecule has 1 aromatic rings. The van der Waals surface area contributed by atoms with Crippen LogP contribution in [0.5, 0.6) is 5.75 Å². The van der Waals surface area contributed by atoms with E-state index in [4.69, 9.17) is 4.74 Å². The van der Waals surface area contributed by atoms with Crippen LogP contribution in [0, 0.1) is 41.2 Å². The largest absolute Gasteiger partial charge is 0.426 e. The van der Waals surface area contributed by atoms with Crippen molar-refractivity contribution < 1.29 is 26.6 Å². The summed E-state index contributed by atoms with van der Waals surface area (Å²) >= 11 is 0. The summed E-state index contributed by atoms with van der Waals surface area (Å²) in [6, 6.07) is 2.41. The van der Waals surface area contributed by atoms with Gasteiger partial charge < -0.3 is 4.74 Å². The van der Waals surface area contributed by atoms with Crippen molar-refractivity contribution in [2.24, 2.45) is 29.6 Å². The first-order valence-electron chi connectivity index (χ1n) is 12.8. The van der Waals surface area contributed by atoms with E-state index in [0.29, 0.717) is 36.2 Å². The molecule has 0 heterocycles. The fourth-order valence-electron chi connectivity index (χ4n) is 6.41. The molecule has 0 amide bonds. The molecular weight excluding hydrogens is 416 g/mol. The standard InChI is InChI=1S/C27H38F4O.3H2/c1-17-3-7-19(8-4-17)20-11-13-23(14-12-20)27(30,31)32-26-24(28)15-22(16-25(26)29)21-9-5-18(2)6-10-21;;;/h15-21,23H,3-14H2,1-2H3;3*1H. The Balaban J connectivity index is 0.00000204. The molecule has 3 aliphatic rings. The topological polar surface area (TPSA) is 9.23 Å². The summed E-state index contributed by atoms with van der Waals surface area (Å²) in [6.45, 7) is 4.46. The summed E-state index contributed by atoms with van der Waals surface area (Å²) in [5.41, 5.74) is 0.560. The number of hydrogen-bond acceptors (Lipinski definition) is 1. The third kappa shape index (κ3) is 5.44. The van der Waals surface area contributed by atoms with Gasteiger partial charge in [-0.05, 0) is 98.7 Å². The van der Waals surface area contributed by atoms with Gasteiger partial charge in [0, 0.05) is 4.28 Å². The monoisotopic (exact) mass is 460 g/mol. The average molecular weight is 461 g/mol. The van der Waals surface area contributed by atoms with Gasteiger partial charge in [-0.2, -0.15) is 8.78 Å². The molecule has 5 heteroatoms. The molecule has 0 radical (unpaired) electrons. The Kier molecular flexibility index (Phi) is 7.41. The summed E-state index contributed by atoms with van der Waals surface area (Å²) in [4.78, 5) is 0. The predicted octanol–water partition coefficient (Wildman–Crippen LogP) is 9.60. The third-order valence-corrected chi connectivity index (χ3v) is 8.72. The van der Waals surface area contributed by atoms with E-state index in [2.05, 4.69) is 13.8 Å². The first-order chi connectivity index (χ1) is 15.2. The van der Waals surface area contributed by atoms with E-state index >= 15 is 0 Å². The van der Waals surface area contributed by atoms with E-state index in [1.807, 2.05) is 0 Å². The number of halogens is 4. The molecule has 0 bridgehead atoms. The summed E-state index contributed by atoms with van der Waals surface area (Å²) in [6.07, 6.45) is 7.32. The van der Waals surface area contributed by atoms with Crippen LogP contribution in [-0.2, 0) is 0 Å². The lowest BCUT2D eigenvalue weighted by atomic mass is 9.69. The minimum atomic E-state index is -3.56. The van der Waals surface area contributed by atoms with Crippen molar-refractivity contribution in [3.05, 3.63) is 29.3 Å². The Labute approximate surface area is 194 Å². The van der Waals surface area contributed by atoms with Crippen molar-refractivity contribution in [1.29, 1.82) is 0 Å². The molecule has 0 atom stereocenters. The Hall–Kier alpha value is -1.26. The van der Waals surface area contributed by atoms with Crippen molar-refractivity contribution in [3.8, 4) is 5.75 Å². The van der Waals surface area contributed by atoms with Crippen LogP contribution in [0.15, 0.2) is 12.1 Å². The molecule has 186 valence electrons. The van der Waals surface area contributed by atoms with Gasteiger partial charge in [0.05, 0.1) is 5.92 Å². The fourth-order valence-corrected chi connectivity index (χ4v) is 6.41. The minimum absolute atomic E-state index is 0.